The molecule has 0 saturated heterocycles. The third-order valence-corrected chi connectivity index (χ3v) is 4.49. The first-order chi connectivity index (χ1) is 9.34. The second-order valence-electron chi connectivity index (χ2n) is 4.50. The fourth-order valence-corrected chi connectivity index (χ4v) is 3.23. The van der Waals surface area contributed by atoms with Crippen molar-refractivity contribution < 1.29 is 4.84 Å². The van der Waals surface area contributed by atoms with Crippen molar-refractivity contribution in [3.8, 4) is 0 Å². The molecular weight excluding hydrogens is 254 g/mol. The number of oxime groups is 1. The fourth-order valence-electron chi connectivity index (χ4n) is 2.09. The maximum Gasteiger partial charge on any atom is 0.142 e. The highest BCUT2D eigenvalue weighted by atomic mass is 32.2. The summed E-state index contributed by atoms with van der Waals surface area (Å²) in [6.45, 7) is 2.07. The molecule has 0 spiro atoms. The molecule has 0 radical (unpaired) electrons. The van der Waals surface area contributed by atoms with E-state index in [0.29, 0.717) is 0 Å². The molecule has 0 N–H and O–H groups in total. The van der Waals surface area contributed by atoms with E-state index in [1.165, 1.54) is 4.90 Å². The summed E-state index contributed by atoms with van der Waals surface area (Å²) in [6, 6.07) is 20.6. The minimum Gasteiger partial charge on any atom is -0.391 e. The van der Waals surface area contributed by atoms with Crippen molar-refractivity contribution in [2.75, 3.05) is 0 Å². The van der Waals surface area contributed by atoms with Crippen molar-refractivity contribution in [2.24, 2.45) is 5.16 Å². The Morgan fingerprint density at radius 2 is 1.58 bits per heavy atom. The van der Waals surface area contributed by atoms with Gasteiger partial charge in [-0.25, -0.2) is 0 Å². The van der Waals surface area contributed by atoms with Crippen molar-refractivity contribution >= 4 is 17.5 Å². The summed E-state index contributed by atoms with van der Waals surface area (Å²) in [4.78, 5) is 6.72. The fraction of sp³-hybridized carbons (Fsp3) is 0.188. The van der Waals surface area contributed by atoms with E-state index in [4.69, 9.17) is 4.84 Å². The quantitative estimate of drug-likeness (QED) is 0.841. The molecule has 3 heteroatoms. The summed E-state index contributed by atoms with van der Waals surface area (Å²) in [5.41, 5.74) is 2.17. The van der Waals surface area contributed by atoms with Gasteiger partial charge in [-0.05, 0) is 19.1 Å². The smallest absolute Gasteiger partial charge is 0.142 e. The van der Waals surface area contributed by atoms with Gasteiger partial charge in [-0.15, -0.1) is 11.8 Å². The third-order valence-electron chi connectivity index (χ3n) is 3.09. The number of hydrogen-bond acceptors (Lipinski definition) is 3. The molecule has 0 unspecified atom stereocenters. The molecule has 2 aromatic carbocycles. The maximum absolute atomic E-state index is 5.47. The van der Waals surface area contributed by atoms with Crippen LogP contribution in [0.25, 0.3) is 0 Å². The van der Waals surface area contributed by atoms with Gasteiger partial charge < -0.3 is 4.84 Å². The molecule has 2 nitrogen and oxygen atoms in total. The molecule has 3 rings (SSSR count). The van der Waals surface area contributed by atoms with Gasteiger partial charge in [-0.2, -0.15) is 0 Å². The molecule has 0 bridgehead atoms. The van der Waals surface area contributed by atoms with Crippen LogP contribution in [0.3, 0.4) is 0 Å². The van der Waals surface area contributed by atoms with Gasteiger partial charge in [0, 0.05) is 10.5 Å². The molecule has 96 valence electrons. The van der Waals surface area contributed by atoms with E-state index in [0.717, 1.165) is 11.3 Å². The largest absolute Gasteiger partial charge is 0.391 e. The molecule has 0 saturated carbocycles. The van der Waals surface area contributed by atoms with Crippen LogP contribution in [0.4, 0.5) is 0 Å². The number of thioether (sulfide) groups is 1. The van der Waals surface area contributed by atoms with Crippen LogP contribution in [0.2, 0.25) is 0 Å². The second-order valence-corrected chi connectivity index (χ2v) is 5.72. The molecule has 19 heavy (non-hydrogen) atoms. The van der Waals surface area contributed by atoms with Gasteiger partial charge in [-0.3, -0.25) is 0 Å². The zero-order valence-electron chi connectivity index (χ0n) is 10.7. The summed E-state index contributed by atoms with van der Waals surface area (Å²) in [5.74, 6) is 0. The Morgan fingerprint density at radius 1 is 0.947 bits per heavy atom. The Balaban J connectivity index is 1.85. The lowest BCUT2D eigenvalue weighted by Crippen LogP contribution is -2.24. The van der Waals surface area contributed by atoms with Gasteiger partial charge in [0.2, 0.25) is 0 Å². The van der Waals surface area contributed by atoms with Crippen LogP contribution in [-0.2, 0) is 4.84 Å². The van der Waals surface area contributed by atoms with E-state index in [2.05, 4.69) is 48.5 Å². The van der Waals surface area contributed by atoms with Crippen molar-refractivity contribution in [2.45, 2.75) is 23.2 Å². The van der Waals surface area contributed by atoms with Crippen molar-refractivity contribution in [1.29, 1.82) is 0 Å². The molecule has 0 aliphatic carbocycles. The normalized spacial score (nSPS) is 21.8. The Bertz CT molecular complexity index is 568. The highest BCUT2D eigenvalue weighted by molar-refractivity contribution is 8.00. The number of benzene rings is 2. The van der Waals surface area contributed by atoms with Crippen molar-refractivity contribution in [3.63, 3.8) is 0 Å². The average Bonchev–Trinajstić information content (AvgIpc) is 2.82. The van der Waals surface area contributed by atoms with Gasteiger partial charge in [0.1, 0.15) is 11.8 Å². The number of nitrogens with zero attached hydrogens (tertiary/aromatic N) is 1. The van der Waals surface area contributed by atoms with Gasteiger partial charge in [0.15, 0.2) is 0 Å². The summed E-state index contributed by atoms with van der Waals surface area (Å²) in [7, 11) is 0. The molecule has 0 fully saturated rings. The maximum atomic E-state index is 5.47. The molecule has 2 atom stereocenters. The summed E-state index contributed by atoms with van der Waals surface area (Å²) in [5, 5.41) is 4.50. The molecule has 1 aliphatic heterocycles. The van der Waals surface area contributed by atoms with E-state index in [-0.39, 0.29) is 11.4 Å². The molecule has 2 aromatic rings. The zero-order valence-corrected chi connectivity index (χ0v) is 11.5. The number of rotatable bonds is 3. The summed E-state index contributed by atoms with van der Waals surface area (Å²) < 4.78 is 0. The summed E-state index contributed by atoms with van der Waals surface area (Å²) >= 11 is 1.81. The van der Waals surface area contributed by atoms with Crippen LogP contribution in [0.15, 0.2) is 70.7 Å². The zero-order chi connectivity index (χ0) is 13.1. The van der Waals surface area contributed by atoms with E-state index < -0.39 is 0 Å². The third kappa shape index (κ3) is 2.66. The Morgan fingerprint density at radius 3 is 2.26 bits per heavy atom. The van der Waals surface area contributed by atoms with Crippen molar-refractivity contribution in [1.82, 2.24) is 0 Å². The Labute approximate surface area is 117 Å². The van der Waals surface area contributed by atoms with Crippen LogP contribution < -0.4 is 0 Å². The van der Waals surface area contributed by atoms with Gasteiger partial charge >= 0.3 is 0 Å². The van der Waals surface area contributed by atoms with Crippen LogP contribution in [0, 0.1) is 0 Å². The first-order valence-corrected chi connectivity index (χ1v) is 7.23. The SMILES string of the molecule is C[C@H]1ON=C(c2ccccc2)[C@@H]1Sc1ccccc1. The van der Waals surface area contributed by atoms with E-state index in [1.54, 1.807) is 11.8 Å². The number of hydrogen-bond donors (Lipinski definition) is 0. The predicted octanol–water partition coefficient (Wildman–Crippen LogP) is 3.97. The van der Waals surface area contributed by atoms with E-state index in [9.17, 15) is 0 Å². The van der Waals surface area contributed by atoms with Crippen LogP contribution in [0.5, 0.6) is 0 Å². The molecular formula is C16H15NOS. The monoisotopic (exact) mass is 269 g/mol. The first-order valence-electron chi connectivity index (χ1n) is 6.35. The lowest BCUT2D eigenvalue weighted by Gasteiger charge is -2.15. The highest BCUT2D eigenvalue weighted by Crippen LogP contribution is 2.32. The Hall–Kier alpha value is -1.74. The highest BCUT2D eigenvalue weighted by Gasteiger charge is 2.32. The van der Waals surface area contributed by atoms with Gasteiger partial charge in [0.05, 0.1) is 5.25 Å². The van der Waals surface area contributed by atoms with Gasteiger partial charge in [-0.1, -0.05) is 53.7 Å². The molecule has 1 aliphatic rings. The van der Waals surface area contributed by atoms with Crippen LogP contribution in [-0.4, -0.2) is 17.1 Å². The van der Waals surface area contributed by atoms with E-state index in [1.807, 2.05) is 24.3 Å². The topological polar surface area (TPSA) is 21.6 Å². The van der Waals surface area contributed by atoms with Crippen molar-refractivity contribution in [3.05, 3.63) is 66.2 Å². The lowest BCUT2D eigenvalue weighted by molar-refractivity contribution is 0.102. The van der Waals surface area contributed by atoms with Crippen LogP contribution >= 0.6 is 11.8 Å². The average molecular weight is 269 g/mol. The van der Waals surface area contributed by atoms with Crippen LogP contribution in [0.1, 0.15) is 12.5 Å². The minimum atomic E-state index is 0.0976. The Kier molecular flexibility index (Phi) is 3.56. The predicted molar refractivity (Wildman–Crippen MR) is 79.6 cm³/mol. The van der Waals surface area contributed by atoms with E-state index >= 15 is 0 Å². The first kappa shape index (κ1) is 12.3. The van der Waals surface area contributed by atoms with Gasteiger partial charge in [0.25, 0.3) is 0 Å². The molecule has 0 aromatic heterocycles. The summed E-state index contributed by atoms with van der Waals surface area (Å²) in [6.07, 6.45) is 0.0976. The lowest BCUT2D eigenvalue weighted by atomic mass is 10.1. The standard InChI is InChI=1S/C16H15NOS/c1-12-16(19-14-10-6-3-7-11-14)15(17-18-12)13-8-4-2-5-9-13/h2-12,16H,1H3/t12-,16-/m1/s1. The second kappa shape index (κ2) is 5.49. The minimum absolute atomic E-state index is 0.0976. The molecule has 1 heterocycles. The molecule has 0 amide bonds.